The molecule has 0 saturated heterocycles. The molecular weight excluding hydrogens is 398 g/mol. The molecule has 0 radical (unpaired) electrons. The van der Waals surface area contributed by atoms with Gasteiger partial charge < -0.3 is 4.74 Å². The average molecular weight is 414 g/mol. The average Bonchev–Trinajstić information content (AvgIpc) is 2.79. The number of pyridine rings is 2. The first-order valence-corrected chi connectivity index (χ1v) is 9.48. The summed E-state index contributed by atoms with van der Waals surface area (Å²) >= 11 is 6.17. The van der Waals surface area contributed by atoms with Crippen molar-refractivity contribution in [2.24, 2.45) is 0 Å². The molecule has 0 spiro atoms. The van der Waals surface area contributed by atoms with Crippen LogP contribution in [0.1, 0.15) is 0 Å². The van der Waals surface area contributed by atoms with E-state index in [0.29, 0.717) is 33.4 Å². The molecule has 6 heteroatoms. The van der Waals surface area contributed by atoms with Gasteiger partial charge in [-0.1, -0.05) is 48.0 Å². The van der Waals surface area contributed by atoms with E-state index in [0.717, 1.165) is 11.1 Å². The van der Waals surface area contributed by atoms with Crippen LogP contribution in [0.3, 0.4) is 0 Å². The Hall–Kier alpha value is -3.88. The van der Waals surface area contributed by atoms with Crippen molar-refractivity contribution in [1.82, 2.24) is 9.55 Å². The van der Waals surface area contributed by atoms with Crippen LogP contribution in [-0.4, -0.2) is 16.7 Å². The number of halogens is 1. The fourth-order valence-electron chi connectivity index (χ4n) is 3.26. The second kappa shape index (κ2) is 8.24. The minimum atomic E-state index is -0.213. The summed E-state index contributed by atoms with van der Waals surface area (Å²) < 4.78 is 6.75. The predicted octanol–water partition coefficient (Wildman–Crippen LogP) is 5.78. The first-order valence-electron chi connectivity index (χ1n) is 9.10. The van der Waals surface area contributed by atoms with Gasteiger partial charge in [-0.05, 0) is 41.0 Å². The minimum absolute atomic E-state index is 0.213. The maximum atomic E-state index is 13.4. The molecule has 0 aliphatic rings. The van der Waals surface area contributed by atoms with Crippen molar-refractivity contribution >= 4 is 17.3 Å². The number of methoxy groups -OCH3 is 1. The van der Waals surface area contributed by atoms with Gasteiger partial charge in [0.2, 0.25) is 5.88 Å². The van der Waals surface area contributed by atoms with Crippen LogP contribution in [0.4, 0.5) is 5.69 Å². The van der Waals surface area contributed by atoms with E-state index in [4.69, 9.17) is 22.9 Å². The number of hydrogen-bond acceptors (Lipinski definition) is 3. The molecule has 0 aliphatic carbocycles. The quantitative estimate of drug-likeness (QED) is 0.398. The lowest BCUT2D eigenvalue weighted by atomic mass is 10.00. The van der Waals surface area contributed by atoms with Crippen molar-refractivity contribution in [2.45, 2.75) is 0 Å². The van der Waals surface area contributed by atoms with Crippen LogP contribution in [0.15, 0.2) is 83.9 Å². The topological polar surface area (TPSA) is 48.5 Å². The third-order valence-electron chi connectivity index (χ3n) is 4.69. The van der Waals surface area contributed by atoms with E-state index in [1.54, 1.807) is 54.9 Å². The summed E-state index contributed by atoms with van der Waals surface area (Å²) in [6.07, 6.45) is 3.31. The number of rotatable bonds is 4. The van der Waals surface area contributed by atoms with Gasteiger partial charge in [0.25, 0.3) is 5.56 Å². The summed E-state index contributed by atoms with van der Waals surface area (Å²) in [5, 5.41) is 0.538. The van der Waals surface area contributed by atoms with Crippen LogP contribution in [0, 0.1) is 6.57 Å². The van der Waals surface area contributed by atoms with Gasteiger partial charge in [0.1, 0.15) is 0 Å². The molecule has 0 fully saturated rings. The van der Waals surface area contributed by atoms with Gasteiger partial charge in [-0.2, -0.15) is 0 Å². The van der Waals surface area contributed by atoms with Gasteiger partial charge in [-0.3, -0.25) is 9.36 Å². The van der Waals surface area contributed by atoms with Gasteiger partial charge in [-0.15, -0.1) is 0 Å². The first-order chi connectivity index (χ1) is 14.6. The number of benzene rings is 2. The van der Waals surface area contributed by atoms with E-state index in [2.05, 4.69) is 9.83 Å². The summed E-state index contributed by atoms with van der Waals surface area (Å²) in [4.78, 5) is 21.2. The Kier molecular flexibility index (Phi) is 5.34. The molecule has 4 aromatic rings. The predicted molar refractivity (Wildman–Crippen MR) is 119 cm³/mol. The number of ether oxygens (including phenoxy) is 1. The molecule has 0 atom stereocenters. The van der Waals surface area contributed by atoms with Gasteiger partial charge in [0, 0.05) is 29.0 Å². The summed E-state index contributed by atoms with van der Waals surface area (Å²) in [5.74, 6) is 0.399. The zero-order chi connectivity index (χ0) is 21.1. The van der Waals surface area contributed by atoms with Crippen LogP contribution in [0.25, 0.3) is 32.8 Å². The molecule has 2 heterocycles. The Labute approximate surface area is 178 Å². The fraction of sp³-hybridized carbons (Fsp3) is 0.0417. The number of aromatic nitrogens is 2. The lowest BCUT2D eigenvalue weighted by Crippen LogP contribution is -2.20. The highest BCUT2D eigenvalue weighted by molar-refractivity contribution is 6.30. The van der Waals surface area contributed by atoms with Gasteiger partial charge in [-0.25, -0.2) is 9.83 Å². The van der Waals surface area contributed by atoms with Gasteiger partial charge in [0.15, 0.2) is 5.69 Å². The molecule has 0 amide bonds. The van der Waals surface area contributed by atoms with Crippen molar-refractivity contribution in [3.63, 3.8) is 0 Å². The molecular formula is C24H16ClN3O2. The molecule has 0 unspecified atom stereocenters. The van der Waals surface area contributed by atoms with E-state index < -0.39 is 0 Å². The first kappa shape index (κ1) is 19.4. The number of nitrogens with zero attached hydrogens (tertiary/aromatic N) is 3. The smallest absolute Gasteiger partial charge is 0.262 e. The minimum Gasteiger partial charge on any atom is -0.481 e. The van der Waals surface area contributed by atoms with Crippen LogP contribution >= 0.6 is 11.6 Å². The molecule has 2 aromatic heterocycles. The van der Waals surface area contributed by atoms with E-state index in [1.165, 1.54) is 11.7 Å². The third-order valence-corrected chi connectivity index (χ3v) is 4.93. The molecule has 0 bridgehead atoms. The van der Waals surface area contributed by atoms with Crippen molar-refractivity contribution in [3.05, 3.63) is 106 Å². The molecule has 146 valence electrons. The van der Waals surface area contributed by atoms with E-state index >= 15 is 0 Å². The number of hydrogen-bond donors (Lipinski definition) is 0. The Bertz CT molecular complexity index is 1340. The Morgan fingerprint density at radius 3 is 2.60 bits per heavy atom. The summed E-state index contributed by atoms with van der Waals surface area (Å²) in [6.45, 7) is 7.51. The summed E-state index contributed by atoms with van der Waals surface area (Å²) in [5.41, 5.74) is 3.56. The molecule has 2 aromatic carbocycles. The van der Waals surface area contributed by atoms with E-state index in [1.807, 2.05) is 24.3 Å². The molecule has 5 nitrogen and oxygen atoms in total. The highest BCUT2D eigenvalue weighted by Gasteiger charge is 2.14. The number of para-hydroxylation sites is 1. The lowest BCUT2D eigenvalue weighted by Gasteiger charge is -2.14. The van der Waals surface area contributed by atoms with Crippen LogP contribution in [0.5, 0.6) is 5.88 Å². The van der Waals surface area contributed by atoms with Crippen molar-refractivity contribution < 1.29 is 4.74 Å². The largest absolute Gasteiger partial charge is 0.481 e. The Morgan fingerprint density at radius 2 is 1.83 bits per heavy atom. The normalized spacial score (nSPS) is 10.4. The second-order valence-corrected chi connectivity index (χ2v) is 6.95. The maximum Gasteiger partial charge on any atom is 0.262 e. The lowest BCUT2D eigenvalue weighted by molar-refractivity contribution is 0.397. The molecule has 30 heavy (non-hydrogen) atoms. The highest BCUT2D eigenvalue weighted by Crippen LogP contribution is 2.32. The zero-order valence-electron chi connectivity index (χ0n) is 16.0. The van der Waals surface area contributed by atoms with Crippen LogP contribution in [0.2, 0.25) is 5.02 Å². The molecule has 4 rings (SSSR count). The second-order valence-electron chi connectivity index (χ2n) is 6.51. The third kappa shape index (κ3) is 3.69. The van der Waals surface area contributed by atoms with Crippen LogP contribution < -0.4 is 10.3 Å². The SMILES string of the molecule is [C-]#[N+]c1ccccc1-c1cc(-c2cccc(Cl)c2)c(=O)n(-c2ccnc(OC)c2)c1. The monoisotopic (exact) mass is 413 g/mol. The standard InChI is InChI=1S/C24H16ClN3O2/c1-26-22-9-4-3-8-20(22)17-13-21(16-6-5-7-18(25)12-16)24(29)28(15-17)19-10-11-27-23(14-19)30-2/h3-15H,2H3. The molecule has 0 saturated carbocycles. The Morgan fingerprint density at radius 1 is 1.00 bits per heavy atom. The summed E-state index contributed by atoms with van der Waals surface area (Å²) in [7, 11) is 1.52. The fourth-order valence-corrected chi connectivity index (χ4v) is 3.45. The Balaban J connectivity index is 2.04. The van der Waals surface area contributed by atoms with Crippen LogP contribution in [-0.2, 0) is 0 Å². The zero-order valence-corrected chi connectivity index (χ0v) is 16.8. The van der Waals surface area contributed by atoms with Crippen molar-refractivity contribution in [3.8, 4) is 33.8 Å². The van der Waals surface area contributed by atoms with E-state index in [9.17, 15) is 4.79 Å². The van der Waals surface area contributed by atoms with Crippen molar-refractivity contribution in [2.75, 3.05) is 7.11 Å². The van der Waals surface area contributed by atoms with Gasteiger partial charge >= 0.3 is 0 Å². The summed E-state index contributed by atoms with van der Waals surface area (Å²) in [6, 6.07) is 19.7. The molecule has 0 aliphatic heterocycles. The van der Waals surface area contributed by atoms with E-state index in [-0.39, 0.29) is 5.56 Å². The maximum absolute atomic E-state index is 13.4. The molecule has 0 N–H and O–H groups in total. The van der Waals surface area contributed by atoms with Crippen molar-refractivity contribution in [1.29, 1.82) is 0 Å². The van der Waals surface area contributed by atoms with Gasteiger partial charge in [0.05, 0.1) is 19.4 Å². The highest BCUT2D eigenvalue weighted by atomic mass is 35.5.